The van der Waals surface area contributed by atoms with E-state index < -0.39 is 5.91 Å². The number of aromatic nitrogens is 1. The highest BCUT2D eigenvalue weighted by Crippen LogP contribution is 2.11. The van der Waals surface area contributed by atoms with Crippen LogP contribution in [0.5, 0.6) is 0 Å². The maximum atomic E-state index is 11.9. The van der Waals surface area contributed by atoms with Gasteiger partial charge in [0, 0.05) is 29.5 Å². The molecule has 1 aromatic heterocycles. The van der Waals surface area contributed by atoms with E-state index in [4.69, 9.17) is 0 Å². The fraction of sp³-hybridized carbons (Fsp3) is 0.143. The van der Waals surface area contributed by atoms with Crippen molar-refractivity contribution in [1.29, 1.82) is 0 Å². The Morgan fingerprint density at radius 2 is 1.95 bits per heavy atom. The molecule has 0 spiro atoms. The molecule has 0 aliphatic rings. The number of rotatable bonds is 4. The van der Waals surface area contributed by atoms with Crippen molar-refractivity contribution in [2.75, 3.05) is 10.6 Å². The van der Waals surface area contributed by atoms with E-state index in [1.165, 1.54) is 24.0 Å². The van der Waals surface area contributed by atoms with Gasteiger partial charge in [-0.3, -0.25) is 9.59 Å². The number of H-pyrrole nitrogens is 1. The second-order valence-corrected chi connectivity index (χ2v) is 4.81. The molecule has 2 N–H and O–H groups in total. The first-order valence-corrected chi connectivity index (χ1v) is 6.96. The van der Waals surface area contributed by atoms with Crippen LogP contribution in [-0.2, 0) is 6.42 Å². The molecular weight excluding hydrogens is 308 g/mol. The molecule has 0 fully saturated rings. The zero-order valence-corrected chi connectivity index (χ0v) is 11.7. The second kappa shape index (κ2) is 6.33. The van der Waals surface area contributed by atoms with Crippen LogP contribution in [0.1, 0.15) is 15.9 Å². The van der Waals surface area contributed by atoms with Crippen LogP contribution in [-0.4, -0.2) is 16.2 Å². The normalized spacial score (nSPS) is 10.2. The number of carbonyl (C=O) groups is 1. The van der Waals surface area contributed by atoms with Crippen LogP contribution in [0.15, 0.2) is 47.5 Å². The third-order valence-corrected chi connectivity index (χ3v) is 3.06. The Bertz CT molecular complexity index is 620. The van der Waals surface area contributed by atoms with Crippen LogP contribution in [0, 0.1) is 0 Å². The zero-order chi connectivity index (χ0) is 13.7. The number of benzene rings is 1. The van der Waals surface area contributed by atoms with E-state index in [0.29, 0.717) is 5.69 Å². The molecule has 2 aromatic rings. The summed E-state index contributed by atoms with van der Waals surface area (Å²) in [6.45, 7) is 0. The number of aromatic amines is 1. The summed E-state index contributed by atoms with van der Waals surface area (Å²) in [7, 11) is 0. The van der Waals surface area contributed by atoms with E-state index in [9.17, 15) is 9.59 Å². The highest BCUT2D eigenvalue weighted by atomic mass is 79.9. The van der Waals surface area contributed by atoms with E-state index in [1.807, 2.05) is 24.3 Å². The lowest BCUT2D eigenvalue weighted by atomic mass is 10.1. The largest absolute Gasteiger partial charge is 0.367 e. The van der Waals surface area contributed by atoms with Gasteiger partial charge >= 0.3 is 0 Å². The van der Waals surface area contributed by atoms with Crippen molar-refractivity contribution in [3.63, 3.8) is 0 Å². The Balaban J connectivity index is 2.11. The number of alkyl halides is 1. The molecule has 0 saturated carbocycles. The molecule has 0 atom stereocenters. The molecular formula is C14H13BrN2O2. The summed E-state index contributed by atoms with van der Waals surface area (Å²) in [5.41, 5.74) is 1.67. The average molecular weight is 321 g/mol. The number of nitrogens with one attached hydrogen (secondary N) is 2. The third kappa shape index (κ3) is 3.54. The SMILES string of the molecule is O=C(Nc1ccc(CCBr)cc1)c1c[nH]ccc1=O. The number of anilines is 1. The van der Waals surface area contributed by atoms with Crippen molar-refractivity contribution in [1.82, 2.24) is 4.98 Å². The highest BCUT2D eigenvalue weighted by Gasteiger charge is 2.09. The monoisotopic (exact) mass is 320 g/mol. The number of amides is 1. The Morgan fingerprint density at radius 3 is 2.58 bits per heavy atom. The lowest BCUT2D eigenvalue weighted by Gasteiger charge is -2.05. The van der Waals surface area contributed by atoms with E-state index >= 15 is 0 Å². The lowest BCUT2D eigenvalue weighted by Crippen LogP contribution is -2.20. The molecule has 0 saturated heterocycles. The summed E-state index contributed by atoms with van der Waals surface area (Å²) in [5.74, 6) is -0.407. The minimum Gasteiger partial charge on any atom is -0.367 e. The molecule has 0 aliphatic heterocycles. The maximum absolute atomic E-state index is 11.9. The van der Waals surface area contributed by atoms with Crippen LogP contribution in [0.3, 0.4) is 0 Å². The first kappa shape index (κ1) is 13.5. The number of carbonyl (C=O) groups excluding carboxylic acids is 1. The van der Waals surface area contributed by atoms with E-state index in [0.717, 1.165) is 11.8 Å². The lowest BCUT2D eigenvalue weighted by molar-refractivity contribution is 0.102. The minimum absolute atomic E-state index is 0.104. The fourth-order valence-corrected chi connectivity index (χ4v) is 2.11. The summed E-state index contributed by atoms with van der Waals surface area (Å²) in [4.78, 5) is 26.1. The molecule has 98 valence electrons. The number of hydrogen-bond donors (Lipinski definition) is 2. The van der Waals surface area contributed by atoms with Crippen molar-refractivity contribution in [2.24, 2.45) is 0 Å². The topological polar surface area (TPSA) is 62.0 Å². The van der Waals surface area contributed by atoms with Gasteiger partial charge in [-0.15, -0.1) is 0 Å². The summed E-state index contributed by atoms with van der Waals surface area (Å²) >= 11 is 3.38. The number of halogens is 1. The predicted octanol–water partition coefficient (Wildman–Crippen LogP) is 2.56. The van der Waals surface area contributed by atoms with Gasteiger partial charge in [-0.25, -0.2) is 0 Å². The molecule has 5 heteroatoms. The van der Waals surface area contributed by atoms with Crippen molar-refractivity contribution < 1.29 is 4.79 Å². The van der Waals surface area contributed by atoms with Crippen LogP contribution in [0.25, 0.3) is 0 Å². The molecule has 0 aliphatic carbocycles. The van der Waals surface area contributed by atoms with Gasteiger partial charge < -0.3 is 10.3 Å². The highest BCUT2D eigenvalue weighted by molar-refractivity contribution is 9.09. The zero-order valence-electron chi connectivity index (χ0n) is 10.2. The molecule has 2 rings (SSSR count). The van der Waals surface area contributed by atoms with E-state index in [-0.39, 0.29) is 11.0 Å². The van der Waals surface area contributed by atoms with Gasteiger partial charge in [-0.1, -0.05) is 28.1 Å². The second-order valence-electron chi connectivity index (χ2n) is 4.01. The molecule has 19 heavy (non-hydrogen) atoms. The van der Waals surface area contributed by atoms with Gasteiger partial charge in [0.1, 0.15) is 5.56 Å². The van der Waals surface area contributed by atoms with Crippen LogP contribution in [0.2, 0.25) is 0 Å². The number of pyridine rings is 1. The van der Waals surface area contributed by atoms with Gasteiger partial charge in [-0.2, -0.15) is 0 Å². The van der Waals surface area contributed by atoms with Crippen molar-refractivity contribution in [2.45, 2.75) is 6.42 Å². The average Bonchev–Trinajstić information content (AvgIpc) is 2.42. The Hall–Kier alpha value is -1.88. The Morgan fingerprint density at radius 1 is 1.21 bits per heavy atom. The molecule has 4 nitrogen and oxygen atoms in total. The molecule has 1 aromatic carbocycles. The number of hydrogen-bond acceptors (Lipinski definition) is 2. The molecule has 0 bridgehead atoms. The van der Waals surface area contributed by atoms with Crippen molar-refractivity contribution >= 4 is 27.5 Å². The van der Waals surface area contributed by atoms with Crippen LogP contribution >= 0.6 is 15.9 Å². The maximum Gasteiger partial charge on any atom is 0.261 e. The summed E-state index contributed by atoms with van der Waals surface area (Å²) < 4.78 is 0. The van der Waals surface area contributed by atoms with Crippen LogP contribution in [0.4, 0.5) is 5.69 Å². The van der Waals surface area contributed by atoms with Crippen molar-refractivity contribution in [3.05, 3.63) is 64.1 Å². The first-order chi connectivity index (χ1) is 9.20. The molecule has 1 heterocycles. The minimum atomic E-state index is -0.407. The molecule has 0 radical (unpaired) electrons. The van der Waals surface area contributed by atoms with Crippen molar-refractivity contribution in [3.8, 4) is 0 Å². The Kier molecular flexibility index (Phi) is 4.52. The van der Waals surface area contributed by atoms with Gasteiger partial charge in [0.25, 0.3) is 5.91 Å². The van der Waals surface area contributed by atoms with Gasteiger partial charge in [0.05, 0.1) is 0 Å². The smallest absolute Gasteiger partial charge is 0.261 e. The summed E-state index contributed by atoms with van der Waals surface area (Å²) in [6, 6.07) is 8.88. The van der Waals surface area contributed by atoms with E-state index in [2.05, 4.69) is 26.2 Å². The molecule has 0 unspecified atom stereocenters. The fourth-order valence-electron chi connectivity index (χ4n) is 1.66. The van der Waals surface area contributed by atoms with Crippen LogP contribution < -0.4 is 10.7 Å². The summed E-state index contributed by atoms with van der Waals surface area (Å²) in [6.07, 6.45) is 3.83. The van der Waals surface area contributed by atoms with Gasteiger partial charge in [0.2, 0.25) is 0 Å². The Labute approximate surface area is 119 Å². The van der Waals surface area contributed by atoms with Gasteiger partial charge in [-0.05, 0) is 24.1 Å². The standard InChI is InChI=1S/C14H13BrN2O2/c15-7-5-10-1-3-11(4-2-10)17-14(19)12-9-16-8-6-13(12)18/h1-4,6,8-9H,5,7H2,(H,16,18)(H,17,19). The number of aryl methyl sites for hydroxylation is 1. The molecule has 1 amide bonds. The third-order valence-electron chi connectivity index (χ3n) is 2.66. The quantitative estimate of drug-likeness (QED) is 0.850. The van der Waals surface area contributed by atoms with Gasteiger partial charge in [0.15, 0.2) is 5.43 Å². The summed E-state index contributed by atoms with van der Waals surface area (Å²) in [5, 5.41) is 3.60. The van der Waals surface area contributed by atoms with E-state index in [1.54, 1.807) is 0 Å². The first-order valence-electron chi connectivity index (χ1n) is 5.84. The predicted molar refractivity (Wildman–Crippen MR) is 79.0 cm³/mol.